The van der Waals surface area contributed by atoms with E-state index in [1.807, 2.05) is 44.1 Å². The van der Waals surface area contributed by atoms with E-state index < -0.39 is 22.2 Å². The van der Waals surface area contributed by atoms with E-state index in [0.717, 1.165) is 56.8 Å². The summed E-state index contributed by atoms with van der Waals surface area (Å²) in [7, 11) is 0.129. The number of carboxylic acids is 1. The van der Waals surface area contributed by atoms with E-state index >= 15 is 0 Å². The number of hydrogen-bond acceptors (Lipinski definition) is 7. The third-order valence-electron chi connectivity index (χ3n) is 6.45. The second kappa shape index (κ2) is 15.8. The number of sulfonamides is 1. The van der Waals surface area contributed by atoms with Gasteiger partial charge in [-0.05, 0) is 63.3 Å². The molecule has 0 aromatic heterocycles. The highest BCUT2D eigenvalue weighted by molar-refractivity contribution is 7.92. The fourth-order valence-corrected chi connectivity index (χ4v) is 5.23. The zero-order valence-electron chi connectivity index (χ0n) is 24.4. The number of piperazine rings is 1. The number of nitrogens with one attached hydrogen (secondary N) is 2. The van der Waals surface area contributed by atoms with Crippen molar-refractivity contribution in [2.45, 2.75) is 37.8 Å². The molecule has 3 N–H and O–H groups in total. The van der Waals surface area contributed by atoms with E-state index in [1.54, 1.807) is 29.2 Å². The number of aliphatic carboxylic acids is 1. The smallest absolute Gasteiger partial charge is 0.475 e. The number of likely N-dealkylation sites (N-methyl/N-ethyl adjacent to an activating group) is 2. The Labute approximate surface area is 245 Å². The summed E-state index contributed by atoms with van der Waals surface area (Å²) in [5.41, 5.74) is 2.79. The van der Waals surface area contributed by atoms with Crippen LogP contribution in [-0.2, 0) is 21.2 Å². The first-order valence-corrected chi connectivity index (χ1v) is 15.1. The van der Waals surface area contributed by atoms with Gasteiger partial charge >= 0.3 is 12.1 Å². The summed E-state index contributed by atoms with van der Waals surface area (Å²) in [6.45, 7) is 9.15. The summed E-state index contributed by atoms with van der Waals surface area (Å²) in [6.07, 6.45) is -3.17. The first-order chi connectivity index (χ1) is 19.7. The lowest BCUT2D eigenvalue weighted by Crippen LogP contribution is -2.44. The van der Waals surface area contributed by atoms with Crippen LogP contribution in [-0.4, -0.2) is 101 Å². The van der Waals surface area contributed by atoms with Crippen LogP contribution in [0.15, 0.2) is 47.4 Å². The minimum atomic E-state index is -5.08. The van der Waals surface area contributed by atoms with Gasteiger partial charge in [-0.1, -0.05) is 25.5 Å². The molecule has 0 unspecified atom stereocenters. The van der Waals surface area contributed by atoms with Crippen LogP contribution in [0.5, 0.6) is 0 Å². The maximum Gasteiger partial charge on any atom is 0.490 e. The highest BCUT2D eigenvalue weighted by Crippen LogP contribution is 2.30. The fourth-order valence-electron chi connectivity index (χ4n) is 4.17. The number of anilines is 2. The van der Waals surface area contributed by atoms with Crippen LogP contribution >= 0.6 is 0 Å². The van der Waals surface area contributed by atoms with Gasteiger partial charge in [0.25, 0.3) is 15.9 Å². The minimum absolute atomic E-state index is 0.106. The highest BCUT2D eigenvalue weighted by Gasteiger charge is 2.38. The van der Waals surface area contributed by atoms with Gasteiger partial charge in [0, 0.05) is 51.4 Å². The summed E-state index contributed by atoms with van der Waals surface area (Å²) in [4.78, 5) is 28.3. The molecule has 14 heteroatoms. The minimum Gasteiger partial charge on any atom is -0.475 e. The summed E-state index contributed by atoms with van der Waals surface area (Å²) in [5.74, 6) is -2.86. The number of hydrogen-bond donors (Lipinski definition) is 3. The summed E-state index contributed by atoms with van der Waals surface area (Å²) in [6, 6.07) is 12.4. The van der Waals surface area contributed by atoms with E-state index in [0.29, 0.717) is 24.3 Å². The molecular formula is C28H40F3N5O5S. The monoisotopic (exact) mass is 615 g/mol. The van der Waals surface area contributed by atoms with E-state index in [1.165, 1.54) is 0 Å². The first kappa shape index (κ1) is 34.8. The Morgan fingerprint density at radius 3 is 2.12 bits per heavy atom. The van der Waals surface area contributed by atoms with Crippen LogP contribution in [0.2, 0.25) is 0 Å². The van der Waals surface area contributed by atoms with E-state index in [-0.39, 0.29) is 10.8 Å². The van der Waals surface area contributed by atoms with E-state index in [4.69, 9.17) is 9.90 Å². The molecule has 10 nitrogen and oxygen atoms in total. The average Bonchev–Trinajstić information content (AvgIpc) is 2.93. The van der Waals surface area contributed by atoms with Gasteiger partial charge in [0.2, 0.25) is 0 Å². The lowest BCUT2D eigenvalue weighted by atomic mass is 10.1. The van der Waals surface area contributed by atoms with Crippen molar-refractivity contribution in [1.29, 1.82) is 0 Å². The van der Waals surface area contributed by atoms with Gasteiger partial charge in [0.15, 0.2) is 0 Å². The van der Waals surface area contributed by atoms with E-state index in [9.17, 15) is 26.4 Å². The number of rotatable bonds is 11. The Morgan fingerprint density at radius 1 is 1.02 bits per heavy atom. The van der Waals surface area contributed by atoms with Crippen molar-refractivity contribution in [1.82, 2.24) is 15.1 Å². The Bertz CT molecular complexity index is 1280. The Kier molecular flexibility index (Phi) is 13.1. The molecule has 42 heavy (non-hydrogen) atoms. The van der Waals surface area contributed by atoms with Crippen LogP contribution in [0.3, 0.4) is 0 Å². The van der Waals surface area contributed by atoms with Crippen LogP contribution in [0, 0.1) is 0 Å². The third-order valence-corrected chi connectivity index (χ3v) is 7.83. The fraction of sp³-hybridized carbons (Fsp3) is 0.500. The predicted octanol–water partition coefficient (Wildman–Crippen LogP) is 3.51. The van der Waals surface area contributed by atoms with Crippen molar-refractivity contribution >= 4 is 33.3 Å². The summed E-state index contributed by atoms with van der Waals surface area (Å²) < 4.78 is 61.1. The van der Waals surface area contributed by atoms with Crippen molar-refractivity contribution in [2.24, 2.45) is 0 Å². The van der Waals surface area contributed by atoms with Crippen molar-refractivity contribution in [3.63, 3.8) is 0 Å². The molecule has 1 heterocycles. The number of alkyl halides is 3. The molecule has 0 aliphatic carbocycles. The molecule has 1 aliphatic heterocycles. The normalized spacial score (nSPS) is 13.8. The number of nitrogens with zero attached hydrogens (tertiary/aromatic N) is 3. The number of halogens is 3. The number of aryl methyl sites for hydroxylation is 1. The largest absolute Gasteiger partial charge is 0.490 e. The predicted molar refractivity (Wildman–Crippen MR) is 157 cm³/mol. The standard InChI is InChI=1S/C26H39N5O3S.C2HF3O2/c1-5-7-21-8-11-23(12-9-21)35(33,34)28-24-20-22(26(32)30(6-2)19-18-29(3)4)10-13-25(24)31-16-14-27-15-17-31;3-2(4,5)1(6)7/h8-13,20,27-28H,5-7,14-19H2,1-4H3;(H,6,7). The van der Waals surface area contributed by atoms with Gasteiger partial charge in [-0.15, -0.1) is 0 Å². The second-order valence-electron chi connectivity index (χ2n) is 9.96. The topological polar surface area (TPSA) is 122 Å². The average molecular weight is 616 g/mol. The van der Waals surface area contributed by atoms with Crippen molar-refractivity contribution in [3.05, 3.63) is 53.6 Å². The molecule has 1 saturated heterocycles. The third kappa shape index (κ3) is 10.5. The summed E-state index contributed by atoms with van der Waals surface area (Å²) >= 11 is 0. The summed E-state index contributed by atoms with van der Waals surface area (Å²) in [5, 5.41) is 10.4. The molecule has 0 bridgehead atoms. The Balaban J connectivity index is 0.000000782. The van der Waals surface area contributed by atoms with Gasteiger partial charge in [-0.2, -0.15) is 13.2 Å². The molecule has 0 radical (unpaired) electrons. The van der Waals surface area contributed by atoms with Crippen molar-refractivity contribution in [3.8, 4) is 0 Å². The van der Waals surface area contributed by atoms with Crippen LogP contribution in [0.4, 0.5) is 24.5 Å². The quantitative estimate of drug-likeness (QED) is 0.351. The molecular weight excluding hydrogens is 575 g/mol. The van der Waals surface area contributed by atoms with Gasteiger partial charge in [-0.3, -0.25) is 9.52 Å². The Morgan fingerprint density at radius 2 is 1.62 bits per heavy atom. The van der Waals surface area contributed by atoms with Gasteiger partial charge in [-0.25, -0.2) is 13.2 Å². The highest BCUT2D eigenvalue weighted by atomic mass is 32.2. The lowest BCUT2D eigenvalue weighted by molar-refractivity contribution is -0.192. The molecule has 3 rings (SSSR count). The van der Waals surface area contributed by atoms with Crippen LogP contribution in [0.1, 0.15) is 36.2 Å². The first-order valence-electron chi connectivity index (χ1n) is 13.6. The molecule has 0 spiro atoms. The number of carbonyl (C=O) groups excluding carboxylic acids is 1. The Hall–Kier alpha value is -3.36. The maximum absolute atomic E-state index is 13.3. The SMILES string of the molecule is CCCc1ccc(S(=O)(=O)Nc2cc(C(=O)N(CC)CCN(C)C)ccc2N2CCNCC2)cc1.O=C(O)C(F)(F)F. The van der Waals surface area contributed by atoms with Gasteiger partial charge in [0.1, 0.15) is 0 Å². The van der Waals surface area contributed by atoms with Gasteiger partial charge in [0.05, 0.1) is 16.3 Å². The molecule has 2 aromatic carbocycles. The molecule has 1 aliphatic rings. The maximum atomic E-state index is 13.3. The van der Waals surface area contributed by atoms with E-state index in [2.05, 4.69) is 21.9 Å². The molecule has 234 valence electrons. The number of carboxylic acid groups (broad SMARTS) is 1. The molecule has 2 aromatic rings. The van der Waals surface area contributed by atoms with Crippen molar-refractivity contribution < 1.29 is 36.3 Å². The van der Waals surface area contributed by atoms with Crippen LogP contribution in [0.25, 0.3) is 0 Å². The molecule has 1 fully saturated rings. The van der Waals surface area contributed by atoms with Crippen LogP contribution < -0.4 is 14.9 Å². The number of benzene rings is 2. The zero-order valence-corrected chi connectivity index (χ0v) is 25.2. The number of amides is 1. The lowest BCUT2D eigenvalue weighted by Gasteiger charge is -2.31. The second-order valence-corrected chi connectivity index (χ2v) is 11.6. The van der Waals surface area contributed by atoms with Crippen molar-refractivity contribution in [2.75, 3.05) is 69.5 Å². The molecule has 1 amide bonds. The zero-order chi connectivity index (χ0) is 31.5. The molecule has 0 atom stereocenters. The number of carbonyl (C=O) groups is 2. The molecule has 0 saturated carbocycles. The van der Waals surface area contributed by atoms with Gasteiger partial charge < -0.3 is 25.1 Å².